The molecule has 1 aromatic carbocycles. The van der Waals surface area contributed by atoms with Crippen molar-refractivity contribution in [3.8, 4) is 0 Å². The fourth-order valence-electron chi connectivity index (χ4n) is 3.15. The van der Waals surface area contributed by atoms with Gasteiger partial charge in [0.25, 0.3) is 0 Å². The predicted octanol–water partition coefficient (Wildman–Crippen LogP) is 2.81. The summed E-state index contributed by atoms with van der Waals surface area (Å²) in [7, 11) is 0. The molecule has 4 rings (SSSR count). The van der Waals surface area contributed by atoms with Gasteiger partial charge in [-0.2, -0.15) is 0 Å². The topological polar surface area (TPSA) is 32.3 Å². The van der Waals surface area contributed by atoms with Gasteiger partial charge in [-0.3, -0.25) is 4.79 Å². The van der Waals surface area contributed by atoms with Crippen molar-refractivity contribution in [2.24, 2.45) is 5.92 Å². The molecule has 0 unspecified atom stereocenters. The van der Waals surface area contributed by atoms with Crippen molar-refractivity contribution in [3.63, 3.8) is 0 Å². The molecule has 112 valence electrons. The number of aryl methyl sites for hydroxylation is 1. The maximum atomic E-state index is 12.0. The van der Waals surface area contributed by atoms with Gasteiger partial charge in [0.15, 0.2) is 0 Å². The molecule has 3 nitrogen and oxygen atoms in total. The zero-order chi connectivity index (χ0) is 14.7. The first-order valence-electron chi connectivity index (χ1n) is 7.63. The van der Waals surface area contributed by atoms with Crippen LogP contribution >= 0.6 is 11.8 Å². The summed E-state index contributed by atoms with van der Waals surface area (Å²) in [5, 5.41) is 5.04. The number of piperidine rings is 3. The maximum Gasteiger partial charge on any atom is 0.244 e. The highest BCUT2D eigenvalue weighted by Crippen LogP contribution is 2.27. The largest absolute Gasteiger partial charge is 0.348 e. The number of carbonyl (C=O) groups is 1. The molecule has 0 aromatic heterocycles. The van der Waals surface area contributed by atoms with Gasteiger partial charge < -0.3 is 10.2 Å². The summed E-state index contributed by atoms with van der Waals surface area (Å²) in [5.74, 6) is 0.713. The molecule has 0 aliphatic carbocycles. The molecule has 3 heterocycles. The Labute approximate surface area is 130 Å². The summed E-state index contributed by atoms with van der Waals surface area (Å²) >= 11 is 1.58. The van der Waals surface area contributed by atoms with Crippen molar-refractivity contribution in [2.75, 3.05) is 19.6 Å². The van der Waals surface area contributed by atoms with Gasteiger partial charge in [-0.15, -0.1) is 0 Å². The van der Waals surface area contributed by atoms with E-state index in [-0.39, 0.29) is 5.91 Å². The number of thioether (sulfide) groups is 1. The third-order valence-electron chi connectivity index (χ3n) is 4.43. The second-order valence-electron chi connectivity index (χ2n) is 5.99. The van der Waals surface area contributed by atoms with Crippen molar-refractivity contribution in [2.45, 2.75) is 30.7 Å². The Bertz CT molecular complexity index is 518. The van der Waals surface area contributed by atoms with Crippen LogP contribution in [-0.2, 0) is 4.79 Å². The number of hydrogen-bond acceptors (Lipinski definition) is 3. The van der Waals surface area contributed by atoms with Gasteiger partial charge in [-0.1, -0.05) is 29.5 Å². The predicted molar refractivity (Wildman–Crippen MR) is 87.3 cm³/mol. The second-order valence-corrected chi connectivity index (χ2v) is 6.97. The molecule has 1 N–H and O–H groups in total. The number of fused-ring (bicyclic) bond motifs is 3. The Balaban J connectivity index is 1.47. The Morgan fingerprint density at radius 3 is 2.62 bits per heavy atom. The standard InChI is InChI=1S/C17H22N2OS/c1-13-2-4-15(5-3-13)21-11-8-17(20)18-16-12-19-9-6-14(16)7-10-19/h2-5,8,11,14,16H,6-7,9-10,12H2,1H3,(H,18,20)/b11-8-/t16-/m0/s1. The Morgan fingerprint density at radius 1 is 1.29 bits per heavy atom. The van der Waals surface area contributed by atoms with Crippen LogP contribution in [0.3, 0.4) is 0 Å². The third kappa shape index (κ3) is 3.89. The van der Waals surface area contributed by atoms with Crippen LogP contribution in [0.15, 0.2) is 40.6 Å². The van der Waals surface area contributed by atoms with E-state index < -0.39 is 0 Å². The Morgan fingerprint density at radius 2 is 2.00 bits per heavy atom. The van der Waals surface area contributed by atoms with Crippen LogP contribution in [0, 0.1) is 12.8 Å². The van der Waals surface area contributed by atoms with Crippen LogP contribution in [-0.4, -0.2) is 36.5 Å². The molecule has 3 saturated heterocycles. The highest BCUT2D eigenvalue weighted by molar-refractivity contribution is 8.02. The summed E-state index contributed by atoms with van der Waals surface area (Å²) in [4.78, 5) is 15.6. The summed E-state index contributed by atoms with van der Waals surface area (Å²) in [6.07, 6.45) is 4.11. The van der Waals surface area contributed by atoms with Crippen LogP contribution in [0.5, 0.6) is 0 Å². The number of amides is 1. The lowest BCUT2D eigenvalue weighted by Crippen LogP contribution is -2.57. The molecule has 2 bridgehead atoms. The molecule has 3 aliphatic rings. The number of benzene rings is 1. The van der Waals surface area contributed by atoms with Gasteiger partial charge in [0, 0.05) is 23.6 Å². The van der Waals surface area contributed by atoms with Crippen LogP contribution in [0.4, 0.5) is 0 Å². The minimum Gasteiger partial charge on any atom is -0.348 e. The Kier molecular flexibility index (Phi) is 4.66. The second kappa shape index (κ2) is 6.67. The summed E-state index contributed by atoms with van der Waals surface area (Å²) in [6, 6.07) is 8.67. The van der Waals surface area contributed by atoms with Gasteiger partial charge in [-0.25, -0.2) is 0 Å². The summed E-state index contributed by atoms with van der Waals surface area (Å²) in [5.41, 5.74) is 1.25. The van der Waals surface area contributed by atoms with Gasteiger partial charge >= 0.3 is 0 Å². The van der Waals surface area contributed by atoms with Crippen molar-refractivity contribution in [3.05, 3.63) is 41.3 Å². The van der Waals surface area contributed by atoms with E-state index in [1.165, 1.54) is 31.5 Å². The van der Waals surface area contributed by atoms with E-state index in [0.29, 0.717) is 12.0 Å². The van der Waals surface area contributed by atoms with E-state index in [0.717, 1.165) is 11.4 Å². The van der Waals surface area contributed by atoms with Crippen molar-refractivity contribution < 1.29 is 4.79 Å². The van der Waals surface area contributed by atoms with Crippen LogP contribution in [0.2, 0.25) is 0 Å². The lowest BCUT2D eigenvalue weighted by Gasteiger charge is -2.44. The average Bonchev–Trinajstić information content (AvgIpc) is 2.50. The van der Waals surface area contributed by atoms with Crippen molar-refractivity contribution in [1.82, 2.24) is 10.2 Å². The number of carbonyl (C=O) groups excluding carboxylic acids is 1. The molecule has 1 amide bonds. The van der Waals surface area contributed by atoms with Gasteiger partial charge in [0.1, 0.15) is 0 Å². The maximum absolute atomic E-state index is 12.0. The SMILES string of the molecule is Cc1ccc(S/C=C\C(=O)N[C@H]2CN3CCC2CC3)cc1. The number of nitrogens with zero attached hydrogens (tertiary/aromatic N) is 1. The molecular formula is C17H22N2OS. The molecule has 3 aliphatic heterocycles. The molecular weight excluding hydrogens is 280 g/mol. The smallest absolute Gasteiger partial charge is 0.244 e. The van der Waals surface area contributed by atoms with Crippen LogP contribution in [0.1, 0.15) is 18.4 Å². The zero-order valence-corrected chi connectivity index (χ0v) is 13.2. The zero-order valence-electron chi connectivity index (χ0n) is 12.4. The monoisotopic (exact) mass is 302 g/mol. The molecule has 0 radical (unpaired) electrons. The fraction of sp³-hybridized carbons (Fsp3) is 0.471. The first-order chi connectivity index (χ1) is 10.2. The van der Waals surface area contributed by atoms with Gasteiger partial charge in [0.2, 0.25) is 5.91 Å². The molecule has 1 atom stereocenters. The van der Waals surface area contributed by atoms with Crippen molar-refractivity contribution >= 4 is 17.7 Å². The molecule has 0 saturated carbocycles. The highest BCUT2D eigenvalue weighted by Gasteiger charge is 2.34. The molecule has 0 spiro atoms. The summed E-state index contributed by atoms with van der Waals surface area (Å²) < 4.78 is 0. The lowest BCUT2D eigenvalue weighted by atomic mass is 9.84. The van der Waals surface area contributed by atoms with Gasteiger partial charge in [0.05, 0.1) is 0 Å². The molecule has 1 aromatic rings. The summed E-state index contributed by atoms with van der Waals surface area (Å²) in [6.45, 7) is 5.51. The van der Waals surface area contributed by atoms with E-state index >= 15 is 0 Å². The first kappa shape index (κ1) is 14.7. The average molecular weight is 302 g/mol. The van der Waals surface area contributed by atoms with Crippen molar-refractivity contribution in [1.29, 1.82) is 0 Å². The highest BCUT2D eigenvalue weighted by atomic mass is 32.2. The van der Waals surface area contributed by atoms with E-state index in [1.54, 1.807) is 17.8 Å². The molecule has 3 fully saturated rings. The third-order valence-corrected chi connectivity index (χ3v) is 5.24. The minimum atomic E-state index is 0.0355. The first-order valence-corrected chi connectivity index (χ1v) is 8.51. The minimum absolute atomic E-state index is 0.0355. The van der Waals surface area contributed by atoms with E-state index in [9.17, 15) is 4.79 Å². The number of hydrogen-bond donors (Lipinski definition) is 1. The lowest BCUT2D eigenvalue weighted by molar-refractivity contribution is -0.118. The molecule has 21 heavy (non-hydrogen) atoms. The van der Waals surface area contributed by atoms with Gasteiger partial charge in [-0.05, 0) is 56.3 Å². The van der Waals surface area contributed by atoms with E-state index in [1.807, 2.05) is 5.41 Å². The fourth-order valence-corrected chi connectivity index (χ4v) is 3.79. The Hall–Kier alpha value is -1.26. The van der Waals surface area contributed by atoms with Crippen LogP contribution < -0.4 is 5.32 Å². The van der Waals surface area contributed by atoms with E-state index in [2.05, 4.69) is 41.4 Å². The number of nitrogens with one attached hydrogen (secondary N) is 1. The van der Waals surface area contributed by atoms with Crippen LogP contribution in [0.25, 0.3) is 0 Å². The van der Waals surface area contributed by atoms with E-state index in [4.69, 9.17) is 0 Å². The number of rotatable bonds is 4. The normalized spacial score (nSPS) is 28.0. The quantitative estimate of drug-likeness (QED) is 0.686. The molecule has 4 heteroatoms.